The quantitative estimate of drug-likeness (QED) is 0.747. The Morgan fingerprint density at radius 3 is 2.86 bits per heavy atom. The molecule has 0 radical (unpaired) electrons. The molecule has 0 spiro atoms. The summed E-state index contributed by atoms with van der Waals surface area (Å²) >= 11 is 0. The van der Waals surface area contributed by atoms with Gasteiger partial charge in [-0.1, -0.05) is 39.0 Å². The van der Waals surface area contributed by atoms with Crippen LogP contribution in [0, 0.1) is 0 Å². The summed E-state index contributed by atoms with van der Waals surface area (Å²) in [5, 5.41) is 11.9. The Bertz CT molecular complexity index is 739. The summed E-state index contributed by atoms with van der Waals surface area (Å²) in [6.45, 7) is 7.21. The molecule has 0 amide bonds. The van der Waals surface area contributed by atoms with Gasteiger partial charge in [0.1, 0.15) is 11.3 Å². The van der Waals surface area contributed by atoms with Gasteiger partial charge >= 0.3 is 0 Å². The molecule has 0 aliphatic heterocycles. The minimum atomic E-state index is 0.439. The molecule has 2 aromatic heterocycles. The third-order valence-electron chi connectivity index (χ3n) is 3.70. The van der Waals surface area contributed by atoms with E-state index >= 15 is 0 Å². The first-order valence-corrected chi connectivity index (χ1v) is 7.47. The molecule has 2 heterocycles. The van der Waals surface area contributed by atoms with Crippen LogP contribution in [-0.2, 0) is 13.0 Å². The van der Waals surface area contributed by atoms with Gasteiger partial charge in [0.05, 0.1) is 6.20 Å². The molecule has 1 aromatic carbocycles. The molecule has 4 heteroatoms. The number of para-hydroxylation sites is 1. The standard InChI is InChI=1S/C17H21N3O/c1-4-13-14-7-5-6-8-15(14)21-17(13)16-12(10-19-20-16)9-18-11(2)3/h5-8,10-11,18H,4,9H2,1-3H3,(H,19,20). The van der Waals surface area contributed by atoms with Crippen LogP contribution in [0.15, 0.2) is 34.9 Å². The zero-order valence-corrected chi connectivity index (χ0v) is 12.7. The number of aromatic amines is 1. The first-order valence-electron chi connectivity index (χ1n) is 7.47. The first kappa shape index (κ1) is 13.9. The van der Waals surface area contributed by atoms with Gasteiger partial charge in [-0.2, -0.15) is 5.10 Å². The molecule has 0 aliphatic rings. The number of rotatable bonds is 5. The second-order valence-corrected chi connectivity index (χ2v) is 5.57. The number of nitrogens with one attached hydrogen (secondary N) is 2. The van der Waals surface area contributed by atoms with E-state index in [2.05, 4.69) is 48.4 Å². The maximum atomic E-state index is 6.08. The second-order valence-electron chi connectivity index (χ2n) is 5.57. The van der Waals surface area contributed by atoms with Crippen LogP contribution in [0.2, 0.25) is 0 Å². The van der Waals surface area contributed by atoms with Gasteiger partial charge in [0.25, 0.3) is 0 Å². The van der Waals surface area contributed by atoms with Crippen molar-refractivity contribution in [1.82, 2.24) is 15.5 Å². The average molecular weight is 283 g/mol. The van der Waals surface area contributed by atoms with Crippen LogP contribution in [0.25, 0.3) is 22.4 Å². The fourth-order valence-corrected chi connectivity index (χ4v) is 2.61. The highest BCUT2D eigenvalue weighted by Gasteiger charge is 2.18. The van der Waals surface area contributed by atoms with Gasteiger partial charge < -0.3 is 9.73 Å². The summed E-state index contributed by atoms with van der Waals surface area (Å²) in [5.74, 6) is 0.914. The van der Waals surface area contributed by atoms with Gasteiger partial charge in [0.15, 0.2) is 5.76 Å². The summed E-state index contributed by atoms with van der Waals surface area (Å²) < 4.78 is 6.08. The van der Waals surface area contributed by atoms with E-state index < -0.39 is 0 Å². The van der Waals surface area contributed by atoms with Crippen molar-refractivity contribution in [3.8, 4) is 11.5 Å². The van der Waals surface area contributed by atoms with Crippen molar-refractivity contribution in [3.63, 3.8) is 0 Å². The second kappa shape index (κ2) is 5.74. The van der Waals surface area contributed by atoms with Crippen LogP contribution in [0.4, 0.5) is 0 Å². The monoisotopic (exact) mass is 283 g/mol. The van der Waals surface area contributed by atoms with E-state index in [1.165, 1.54) is 10.9 Å². The molecule has 0 saturated heterocycles. The molecule has 0 saturated carbocycles. The van der Waals surface area contributed by atoms with Crippen molar-refractivity contribution in [2.45, 2.75) is 39.8 Å². The van der Waals surface area contributed by atoms with Crippen LogP contribution in [0.1, 0.15) is 31.9 Å². The maximum Gasteiger partial charge on any atom is 0.156 e. The molecule has 0 unspecified atom stereocenters. The molecular formula is C17H21N3O. The van der Waals surface area contributed by atoms with Crippen LogP contribution in [0.3, 0.4) is 0 Å². The van der Waals surface area contributed by atoms with E-state index in [1.54, 1.807) is 0 Å². The number of nitrogens with zero attached hydrogens (tertiary/aromatic N) is 1. The Labute approximate surface area is 124 Å². The number of aryl methyl sites for hydroxylation is 1. The molecule has 3 rings (SSSR count). The van der Waals surface area contributed by atoms with Gasteiger partial charge in [0.2, 0.25) is 0 Å². The predicted molar refractivity (Wildman–Crippen MR) is 85.1 cm³/mol. The fourth-order valence-electron chi connectivity index (χ4n) is 2.61. The number of furan rings is 1. The van der Waals surface area contributed by atoms with E-state index in [4.69, 9.17) is 4.42 Å². The molecule has 21 heavy (non-hydrogen) atoms. The van der Waals surface area contributed by atoms with E-state index in [-0.39, 0.29) is 0 Å². The number of aromatic nitrogens is 2. The lowest BCUT2D eigenvalue weighted by molar-refractivity contribution is 0.586. The number of hydrogen-bond acceptors (Lipinski definition) is 3. The van der Waals surface area contributed by atoms with Gasteiger partial charge in [-0.15, -0.1) is 0 Å². The number of fused-ring (bicyclic) bond motifs is 1. The first-order chi connectivity index (χ1) is 10.2. The summed E-state index contributed by atoms with van der Waals surface area (Å²) in [6.07, 6.45) is 2.81. The summed E-state index contributed by atoms with van der Waals surface area (Å²) in [6, 6.07) is 8.62. The smallest absolute Gasteiger partial charge is 0.156 e. The predicted octanol–water partition coefficient (Wildman–Crippen LogP) is 3.88. The molecule has 0 aliphatic carbocycles. The van der Waals surface area contributed by atoms with Crippen molar-refractivity contribution in [1.29, 1.82) is 0 Å². The van der Waals surface area contributed by atoms with Crippen LogP contribution >= 0.6 is 0 Å². The summed E-state index contributed by atoms with van der Waals surface area (Å²) in [7, 11) is 0. The summed E-state index contributed by atoms with van der Waals surface area (Å²) in [4.78, 5) is 0. The lowest BCUT2D eigenvalue weighted by atomic mass is 10.0. The summed E-state index contributed by atoms with van der Waals surface area (Å²) in [5.41, 5.74) is 4.29. The van der Waals surface area contributed by atoms with Crippen molar-refractivity contribution in [2.75, 3.05) is 0 Å². The molecular weight excluding hydrogens is 262 g/mol. The van der Waals surface area contributed by atoms with Crippen LogP contribution < -0.4 is 5.32 Å². The Morgan fingerprint density at radius 2 is 2.10 bits per heavy atom. The molecule has 4 nitrogen and oxygen atoms in total. The lowest BCUT2D eigenvalue weighted by Gasteiger charge is -2.08. The van der Waals surface area contributed by atoms with Crippen LogP contribution in [0.5, 0.6) is 0 Å². The highest BCUT2D eigenvalue weighted by atomic mass is 16.3. The molecule has 110 valence electrons. The van der Waals surface area contributed by atoms with Gasteiger partial charge in [-0.25, -0.2) is 0 Å². The normalized spacial score (nSPS) is 11.6. The topological polar surface area (TPSA) is 53.9 Å². The molecule has 3 aromatic rings. The third-order valence-corrected chi connectivity index (χ3v) is 3.70. The lowest BCUT2D eigenvalue weighted by Crippen LogP contribution is -2.21. The van der Waals surface area contributed by atoms with Gasteiger partial charge in [-0.3, -0.25) is 5.10 Å². The largest absolute Gasteiger partial charge is 0.454 e. The Morgan fingerprint density at radius 1 is 1.29 bits per heavy atom. The molecule has 2 N–H and O–H groups in total. The van der Waals surface area contributed by atoms with E-state index in [9.17, 15) is 0 Å². The van der Waals surface area contributed by atoms with Gasteiger partial charge in [-0.05, 0) is 12.5 Å². The molecule has 0 bridgehead atoms. The SMILES string of the molecule is CCc1c(-c2[nH]ncc2CNC(C)C)oc2ccccc12. The van der Waals surface area contributed by atoms with Crippen molar-refractivity contribution >= 4 is 11.0 Å². The van der Waals surface area contributed by atoms with Crippen molar-refractivity contribution < 1.29 is 4.42 Å². The van der Waals surface area contributed by atoms with Crippen molar-refractivity contribution in [2.24, 2.45) is 0 Å². The zero-order valence-electron chi connectivity index (χ0n) is 12.7. The number of H-pyrrole nitrogens is 1. The third kappa shape index (κ3) is 2.59. The minimum Gasteiger partial charge on any atom is -0.454 e. The molecule has 0 atom stereocenters. The molecule has 0 fully saturated rings. The fraction of sp³-hybridized carbons (Fsp3) is 0.353. The Hall–Kier alpha value is -2.07. The minimum absolute atomic E-state index is 0.439. The van der Waals surface area contributed by atoms with E-state index in [1.807, 2.05) is 18.3 Å². The Kier molecular flexibility index (Phi) is 3.80. The zero-order chi connectivity index (χ0) is 14.8. The maximum absolute atomic E-state index is 6.08. The van der Waals surface area contributed by atoms with E-state index in [0.29, 0.717) is 6.04 Å². The number of hydrogen-bond donors (Lipinski definition) is 2. The van der Waals surface area contributed by atoms with Gasteiger partial charge in [0, 0.05) is 29.1 Å². The number of benzene rings is 1. The van der Waals surface area contributed by atoms with E-state index in [0.717, 1.165) is 35.6 Å². The average Bonchev–Trinajstić information content (AvgIpc) is 3.08. The highest BCUT2D eigenvalue weighted by molar-refractivity contribution is 5.87. The Balaban J connectivity index is 2.06. The van der Waals surface area contributed by atoms with Crippen LogP contribution in [-0.4, -0.2) is 16.2 Å². The van der Waals surface area contributed by atoms with Crippen molar-refractivity contribution in [3.05, 3.63) is 41.6 Å². The highest BCUT2D eigenvalue weighted by Crippen LogP contribution is 2.34.